The summed E-state index contributed by atoms with van der Waals surface area (Å²) in [6.45, 7) is 0.790. The highest BCUT2D eigenvalue weighted by Crippen LogP contribution is 2.24. The van der Waals surface area contributed by atoms with E-state index in [0.29, 0.717) is 11.4 Å². The van der Waals surface area contributed by atoms with E-state index in [1.807, 2.05) is 10.8 Å². The third kappa shape index (κ3) is 2.83. The van der Waals surface area contributed by atoms with E-state index in [0.717, 1.165) is 24.2 Å². The number of aryl methyl sites for hydroxylation is 1. The first-order valence-corrected chi connectivity index (χ1v) is 5.67. The molecular formula is C12H11ClN4. The van der Waals surface area contributed by atoms with Crippen LogP contribution in [0.3, 0.4) is 0 Å². The Morgan fingerprint density at radius 1 is 1.47 bits per heavy atom. The monoisotopic (exact) mass is 246 g/mol. The first kappa shape index (κ1) is 11.6. The van der Waals surface area contributed by atoms with Gasteiger partial charge in [-0.15, -0.1) is 0 Å². The van der Waals surface area contributed by atoms with Crippen LogP contribution in [0.25, 0.3) is 11.3 Å². The Balaban J connectivity index is 2.14. The first-order valence-electron chi connectivity index (χ1n) is 5.30. The molecule has 5 heteroatoms. The van der Waals surface area contributed by atoms with Crippen molar-refractivity contribution in [1.82, 2.24) is 14.5 Å². The Kier molecular flexibility index (Phi) is 3.73. The Bertz CT molecular complexity index is 541. The van der Waals surface area contributed by atoms with Crippen molar-refractivity contribution >= 4 is 11.6 Å². The predicted molar refractivity (Wildman–Crippen MR) is 65.3 cm³/mol. The van der Waals surface area contributed by atoms with Crippen LogP contribution in [0.15, 0.2) is 31.0 Å². The van der Waals surface area contributed by atoms with Crippen molar-refractivity contribution in [2.24, 2.45) is 0 Å². The summed E-state index contributed by atoms with van der Waals surface area (Å²) in [6.07, 6.45) is 8.39. The van der Waals surface area contributed by atoms with E-state index in [-0.39, 0.29) is 0 Å². The predicted octanol–water partition coefficient (Wildman–Crippen LogP) is 2.90. The Morgan fingerprint density at radius 3 is 3.12 bits per heavy atom. The zero-order valence-corrected chi connectivity index (χ0v) is 9.93. The maximum absolute atomic E-state index is 8.46. The van der Waals surface area contributed by atoms with E-state index in [1.165, 1.54) is 0 Å². The summed E-state index contributed by atoms with van der Waals surface area (Å²) in [4.78, 5) is 8.31. The minimum absolute atomic E-state index is 0.557. The fraction of sp³-hybridized carbons (Fsp3) is 0.250. The molecule has 2 rings (SSSR count). The lowest BCUT2D eigenvalue weighted by Gasteiger charge is -1.99. The quantitative estimate of drug-likeness (QED) is 0.780. The number of nitrogens with zero attached hydrogens (tertiary/aromatic N) is 4. The SMILES string of the molecule is N#CCCCn1cnc(-c2cnccc2Cl)c1. The molecule has 0 radical (unpaired) electrons. The van der Waals surface area contributed by atoms with Crippen molar-refractivity contribution in [2.75, 3.05) is 0 Å². The normalized spacial score (nSPS) is 10.1. The molecule has 0 saturated heterocycles. The number of rotatable bonds is 4. The van der Waals surface area contributed by atoms with Crippen molar-refractivity contribution in [3.63, 3.8) is 0 Å². The van der Waals surface area contributed by atoms with Gasteiger partial charge in [0.2, 0.25) is 0 Å². The van der Waals surface area contributed by atoms with Crippen LogP contribution < -0.4 is 0 Å². The number of hydrogen-bond donors (Lipinski definition) is 0. The van der Waals surface area contributed by atoms with Crippen molar-refractivity contribution in [2.45, 2.75) is 19.4 Å². The molecule has 0 aliphatic heterocycles. The van der Waals surface area contributed by atoms with Gasteiger partial charge in [0.25, 0.3) is 0 Å². The third-order valence-corrected chi connectivity index (χ3v) is 2.71. The summed E-state index contributed by atoms with van der Waals surface area (Å²) in [5, 5.41) is 9.10. The molecule has 86 valence electrons. The van der Waals surface area contributed by atoms with Gasteiger partial charge in [-0.3, -0.25) is 4.98 Å². The maximum atomic E-state index is 8.46. The zero-order valence-electron chi connectivity index (χ0n) is 9.17. The molecule has 0 aromatic carbocycles. The average molecular weight is 247 g/mol. The minimum Gasteiger partial charge on any atom is -0.337 e. The summed E-state index contributed by atoms with van der Waals surface area (Å²) < 4.78 is 1.95. The highest BCUT2D eigenvalue weighted by Gasteiger charge is 2.06. The van der Waals surface area contributed by atoms with Crippen molar-refractivity contribution in [3.8, 4) is 17.3 Å². The molecule has 0 atom stereocenters. The Morgan fingerprint density at radius 2 is 2.35 bits per heavy atom. The number of hydrogen-bond acceptors (Lipinski definition) is 3. The summed E-state index contributed by atoms with van der Waals surface area (Å²) in [7, 11) is 0. The molecule has 0 aliphatic rings. The topological polar surface area (TPSA) is 54.5 Å². The van der Waals surface area contributed by atoms with E-state index >= 15 is 0 Å². The van der Waals surface area contributed by atoms with E-state index in [4.69, 9.17) is 16.9 Å². The van der Waals surface area contributed by atoms with Gasteiger partial charge in [0.05, 0.1) is 23.1 Å². The molecule has 0 bridgehead atoms. The average Bonchev–Trinajstić information content (AvgIpc) is 2.79. The van der Waals surface area contributed by atoms with Crippen LogP contribution in [0.2, 0.25) is 5.02 Å². The molecule has 0 fully saturated rings. The van der Waals surface area contributed by atoms with Crippen molar-refractivity contribution in [1.29, 1.82) is 5.26 Å². The van der Waals surface area contributed by atoms with Gasteiger partial charge in [0, 0.05) is 37.1 Å². The van der Waals surface area contributed by atoms with Crippen LogP contribution in [-0.4, -0.2) is 14.5 Å². The zero-order chi connectivity index (χ0) is 12.1. The number of unbranched alkanes of at least 4 members (excludes halogenated alkanes) is 1. The van der Waals surface area contributed by atoms with Gasteiger partial charge >= 0.3 is 0 Å². The van der Waals surface area contributed by atoms with Crippen LogP contribution in [0.1, 0.15) is 12.8 Å². The number of imidazole rings is 1. The molecule has 0 amide bonds. The van der Waals surface area contributed by atoms with E-state index < -0.39 is 0 Å². The van der Waals surface area contributed by atoms with Gasteiger partial charge in [0.15, 0.2) is 0 Å². The highest BCUT2D eigenvalue weighted by molar-refractivity contribution is 6.33. The van der Waals surface area contributed by atoms with E-state index in [1.54, 1.807) is 24.8 Å². The van der Waals surface area contributed by atoms with E-state index in [2.05, 4.69) is 16.0 Å². The molecule has 0 aliphatic carbocycles. The van der Waals surface area contributed by atoms with Gasteiger partial charge < -0.3 is 4.57 Å². The molecule has 17 heavy (non-hydrogen) atoms. The largest absolute Gasteiger partial charge is 0.337 e. The van der Waals surface area contributed by atoms with Crippen LogP contribution in [0.5, 0.6) is 0 Å². The number of halogens is 1. The Hall–Kier alpha value is -1.86. The summed E-state index contributed by atoms with van der Waals surface area (Å²) in [5.41, 5.74) is 1.63. The van der Waals surface area contributed by atoms with Crippen LogP contribution in [-0.2, 0) is 6.54 Å². The van der Waals surface area contributed by atoms with E-state index in [9.17, 15) is 0 Å². The second-order valence-electron chi connectivity index (χ2n) is 3.61. The summed E-state index contributed by atoms with van der Waals surface area (Å²) >= 11 is 6.06. The minimum atomic E-state index is 0.557. The molecule has 4 nitrogen and oxygen atoms in total. The molecule has 0 N–H and O–H groups in total. The lowest BCUT2D eigenvalue weighted by molar-refractivity contribution is 0.653. The summed E-state index contributed by atoms with van der Waals surface area (Å²) in [6, 6.07) is 3.86. The molecule has 2 aromatic rings. The lowest BCUT2D eigenvalue weighted by Crippen LogP contribution is -1.93. The number of aromatic nitrogens is 3. The molecule has 0 spiro atoms. The molecular weight excluding hydrogens is 236 g/mol. The molecule has 2 aromatic heterocycles. The summed E-state index contributed by atoms with van der Waals surface area (Å²) in [5.74, 6) is 0. The first-order chi connectivity index (χ1) is 8.31. The van der Waals surface area contributed by atoms with Crippen molar-refractivity contribution in [3.05, 3.63) is 36.0 Å². The second-order valence-corrected chi connectivity index (χ2v) is 4.02. The van der Waals surface area contributed by atoms with Crippen LogP contribution in [0, 0.1) is 11.3 Å². The van der Waals surface area contributed by atoms with Gasteiger partial charge in [-0.25, -0.2) is 4.98 Å². The van der Waals surface area contributed by atoms with Gasteiger partial charge in [0.1, 0.15) is 0 Å². The van der Waals surface area contributed by atoms with Crippen LogP contribution in [0.4, 0.5) is 0 Å². The Labute approximate surface area is 105 Å². The molecule has 2 heterocycles. The second kappa shape index (κ2) is 5.46. The van der Waals surface area contributed by atoms with Gasteiger partial charge in [-0.1, -0.05) is 11.6 Å². The fourth-order valence-corrected chi connectivity index (χ4v) is 1.73. The smallest absolute Gasteiger partial charge is 0.0953 e. The van der Waals surface area contributed by atoms with Gasteiger partial charge in [-0.05, 0) is 12.5 Å². The third-order valence-electron chi connectivity index (χ3n) is 2.38. The van der Waals surface area contributed by atoms with Crippen molar-refractivity contribution < 1.29 is 0 Å². The number of nitriles is 1. The maximum Gasteiger partial charge on any atom is 0.0953 e. The fourth-order valence-electron chi connectivity index (χ4n) is 1.53. The molecule has 0 unspecified atom stereocenters. The standard InChI is InChI=1S/C12H11ClN4/c13-11-3-5-15-7-10(11)12-8-17(9-16-12)6-2-1-4-14/h3,5,7-9H,1-2,6H2. The lowest BCUT2D eigenvalue weighted by atomic mass is 10.2. The number of pyridine rings is 1. The van der Waals surface area contributed by atoms with Crippen LogP contribution >= 0.6 is 11.6 Å². The van der Waals surface area contributed by atoms with Gasteiger partial charge in [-0.2, -0.15) is 5.26 Å². The molecule has 0 saturated carbocycles. The highest BCUT2D eigenvalue weighted by atomic mass is 35.5.